The maximum absolute atomic E-state index is 13.1. The number of rotatable bonds is 4. The van der Waals surface area contributed by atoms with E-state index < -0.39 is 0 Å². The summed E-state index contributed by atoms with van der Waals surface area (Å²) in [5.74, 6) is 0.218. The lowest BCUT2D eigenvalue weighted by Gasteiger charge is -2.50. The van der Waals surface area contributed by atoms with Crippen LogP contribution in [-0.2, 0) is 11.3 Å². The zero-order chi connectivity index (χ0) is 24.1. The average molecular weight is 463 g/mol. The van der Waals surface area contributed by atoms with Crippen molar-refractivity contribution in [3.05, 3.63) is 69.1 Å². The fraction of sp³-hybridized carbons (Fsp3) is 0.429. The van der Waals surface area contributed by atoms with Gasteiger partial charge in [-0.1, -0.05) is 36.8 Å². The van der Waals surface area contributed by atoms with Gasteiger partial charge in [0.15, 0.2) is 0 Å². The molecular formula is C28H34N2O2S. The van der Waals surface area contributed by atoms with Gasteiger partial charge in [0.1, 0.15) is 0 Å². The van der Waals surface area contributed by atoms with Gasteiger partial charge in [0.05, 0.1) is 11.4 Å². The topological polar surface area (TPSA) is 40.6 Å². The molecule has 2 aromatic rings. The highest BCUT2D eigenvalue weighted by atomic mass is 32.2. The second-order valence-corrected chi connectivity index (χ2v) is 11.4. The van der Waals surface area contributed by atoms with E-state index in [4.69, 9.17) is 0 Å². The summed E-state index contributed by atoms with van der Waals surface area (Å²) in [6, 6.07) is 12.8. The summed E-state index contributed by atoms with van der Waals surface area (Å²) in [6.07, 6.45) is 2.98. The van der Waals surface area contributed by atoms with E-state index in [1.54, 1.807) is 0 Å². The number of aryl methyl sites for hydroxylation is 2. The van der Waals surface area contributed by atoms with Gasteiger partial charge in [0.2, 0.25) is 0 Å². The molecule has 33 heavy (non-hydrogen) atoms. The molecule has 0 unspecified atom stereocenters. The Bertz CT molecular complexity index is 1130. The normalized spacial score (nSPS) is 21.3. The minimum absolute atomic E-state index is 0.0904. The Kier molecular flexibility index (Phi) is 6.21. The highest BCUT2D eigenvalue weighted by Gasteiger charge is 2.38. The molecule has 0 aromatic heterocycles. The van der Waals surface area contributed by atoms with Crippen LogP contribution in [0.15, 0.2) is 41.3 Å². The van der Waals surface area contributed by atoms with Crippen molar-refractivity contribution in [2.45, 2.75) is 78.9 Å². The number of fused-ring (bicyclic) bond motifs is 1. The van der Waals surface area contributed by atoms with Crippen LogP contribution in [-0.4, -0.2) is 27.6 Å². The number of carbonyl (C=O) groups excluding carboxylic acids is 2. The van der Waals surface area contributed by atoms with Crippen molar-refractivity contribution in [3.8, 4) is 0 Å². The molecule has 1 saturated heterocycles. The summed E-state index contributed by atoms with van der Waals surface area (Å²) in [6.45, 7) is 15.8. The predicted molar refractivity (Wildman–Crippen MR) is 139 cm³/mol. The van der Waals surface area contributed by atoms with E-state index >= 15 is 0 Å². The number of anilines is 1. The Labute approximate surface area is 202 Å². The third-order valence-corrected chi connectivity index (χ3v) is 7.71. The lowest BCUT2D eigenvalue weighted by atomic mass is 9.78. The molecule has 0 N–H and O–H groups in total. The molecule has 0 spiro atoms. The highest BCUT2D eigenvalue weighted by Crippen LogP contribution is 2.46. The van der Waals surface area contributed by atoms with Gasteiger partial charge in [-0.15, -0.1) is 0 Å². The second kappa shape index (κ2) is 8.68. The highest BCUT2D eigenvalue weighted by molar-refractivity contribution is 8.18. The van der Waals surface area contributed by atoms with E-state index in [1.807, 2.05) is 37.3 Å². The van der Waals surface area contributed by atoms with Crippen LogP contribution in [0.3, 0.4) is 0 Å². The van der Waals surface area contributed by atoms with Crippen molar-refractivity contribution in [2.75, 3.05) is 4.90 Å². The van der Waals surface area contributed by atoms with Crippen LogP contribution in [0.5, 0.6) is 0 Å². The smallest absolute Gasteiger partial charge is 0.293 e. The van der Waals surface area contributed by atoms with E-state index in [9.17, 15) is 9.59 Å². The molecule has 0 radical (unpaired) electrons. The summed E-state index contributed by atoms with van der Waals surface area (Å²) >= 11 is 1.04. The molecule has 1 fully saturated rings. The molecule has 2 amide bonds. The fourth-order valence-corrected chi connectivity index (χ4v) is 6.23. The number of thioether (sulfide) groups is 1. The van der Waals surface area contributed by atoms with Crippen LogP contribution < -0.4 is 4.90 Å². The van der Waals surface area contributed by atoms with Gasteiger partial charge >= 0.3 is 0 Å². The predicted octanol–water partition coefficient (Wildman–Crippen LogP) is 7.04. The van der Waals surface area contributed by atoms with E-state index in [0.29, 0.717) is 23.4 Å². The number of hydrogen-bond donors (Lipinski definition) is 0. The summed E-state index contributed by atoms with van der Waals surface area (Å²) in [7, 11) is 0. The van der Waals surface area contributed by atoms with Crippen molar-refractivity contribution in [1.29, 1.82) is 0 Å². The molecule has 5 heteroatoms. The SMILES string of the molecule is Cc1ccc(CN2C(=O)S/C(=C\c3cc4c(cc3C)N(C(C)C)C(C)(C)C[C@H]4C)C2=O)cc1. The maximum atomic E-state index is 13.1. The largest absolute Gasteiger partial charge is 0.364 e. The Balaban J connectivity index is 1.66. The van der Waals surface area contributed by atoms with Gasteiger partial charge < -0.3 is 4.90 Å². The molecule has 4 rings (SSSR count). The summed E-state index contributed by atoms with van der Waals surface area (Å²) < 4.78 is 0. The number of hydrogen-bond acceptors (Lipinski definition) is 4. The van der Waals surface area contributed by atoms with Gasteiger partial charge in [-0.3, -0.25) is 14.5 Å². The van der Waals surface area contributed by atoms with Crippen LogP contribution in [0.25, 0.3) is 6.08 Å². The molecule has 2 aliphatic rings. The molecule has 2 heterocycles. The van der Waals surface area contributed by atoms with Gasteiger partial charge in [0, 0.05) is 17.3 Å². The Hall–Kier alpha value is -2.53. The van der Waals surface area contributed by atoms with Crippen molar-refractivity contribution in [3.63, 3.8) is 0 Å². The summed E-state index contributed by atoms with van der Waals surface area (Å²) in [4.78, 5) is 30.1. The van der Waals surface area contributed by atoms with Crippen molar-refractivity contribution in [1.82, 2.24) is 4.90 Å². The Morgan fingerprint density at radius 3 is 2.42 bits per heavy atom. The zero-order valence-electron chi connectivity index (χ0n) is 20.7. The number of imide groups is 1. The standard InChI is InChI=1S/C28H34N2O2S/c1-17(2)30-24-12-19(4)22(13-23(24)20(5)15-28(30,6)7)14-25-26(31)29(27(32)33-25)16-21-10-8-18(3)9-11-21/h8-14,17,20H,15-16H2,1-7H3/b25-14-/t20-/m1/s1. The van der Waals surface area contributed by atoms with Crippen molar-refractivity contribution in [2.24, 2.45) is 0 Å². The molecule has 1 atom stereocenters. The Morgan fingerprint density at radius 2 is 1.79 bits per heavy atom. The monoisotopic (exact) mass is 462 g/mol. The van der Waals surface area contributed by atoms with Crippen molar-refractivity contribution >= 4 is 34.7 Å². The lowest BCUT2D eigenvalue weighted by Crippen LogP contribution is -2.51. The lowest BCUT2D eigenvalue weighted by molar-refractivity contribution is -0.123. The van der Waals surface area contributed by atoms with E-state index in [0.717, 1.165) is 40.4 Å². The number of carbonyl (C=O) groups is 2. The van der Waals surface area contributed by atoms with E-state index in [2.05, 4.69) is 58.6 Å². The van der Waals surface area contributed by atoms with Crippen LogP contribution in [0.1, 0.15) is 74.8 Å². The summed E-state index contributed by atoms with van der Waals surface area (Å²) in [5, 5.41) is -0.205. The second-order valence-electron chi connectivity index (χ2n) is 10.4. The average Bonchev–Trinajstić information content (AvgIpc) is 2.97. The van der Waals surface area contributed by atoms with Gasteiger partial charge in [-0.2, -0.15) is 0 Å². The van der Waals surface area contributed by atoms with E-state index in [1.165, 1.54) is 16.2 Å². The number of amides is 2. The molecule has 2 aromatic carbocycles. The first-order valence-electron chi connectivity index (χ1n) is 11.7. The first kappa shape index (κ1) is 23.6. The van der Waals surface area contributed by atoms with Crippen LogP contribution in [0, 0.1) is 13.8 Å². The van der Waals surface area contributed by atoms with Crippen LogP contribution >= 0.6 is 11.8 Å². The molecule has 0 saturated carbocycles. The van der Waals surface area contributed by atoms with E-state index in [-0.39, 0.29) is 16.7 Å². The first-order valence-corrected chi connectivity index (χ1v) is 12.5. The maximum Gasteiger partial charge on any atom is 0.293 e. The zero-order valence-corrected chi connectivity index (χ0v) is 21.5. The first-order chi connectivity index (χ1) is 15.5. The van der Waals surface area contributed by atoms with Crippen molar-refractivity contribution < 1.29 is 9.59 Å². The minimum atomic E-state index is -0.208. The van der Waals surface area contributed by atoms with Gasteiger partial charge in [-0.05, 0) is 106 Å². The molecule has 0 bridgehead atoms. The van der Waals surface area contributed by atoms with Crippen LogP contribution in [0.4, 0.5) is 10.5 Å². The minimum Gasteiger partial charge on any atom is -0.364 e. The summed E-state index contributed by atoms with van der Waals surface area (Å²) in [5.41, 5.74) is 6.95. The molecular weight excluding hydrogens is 428 g/mol. The number of nitrogens with zero attached hydrogens (tertiary/aromatic N) is 2. The molecule has 2 aliphatic heterocycles. The molecule has 174 valence electrons. The molecule has 4 nitrogen and oxygen atoms in total. The quantitative estimate of drug-likeness (QED) is 0.457. The Morgan fingerprint density at radius 1 is 1.12 bits per heavy atom. The van der Waals surface area contributed by atoms with Crippen LogP contribution in [0.2, 0.25) is 0 Å². The number of benzene rings is 2. The fourth-order valence-electron chi connectivity index (χ4n) is 5.40. The van der Waals surface area contributed by atoms with Gasteiger partial charge in [0.25, 0.3) is 11.1 Å². The molecule has 0 aliphatic carbocycles. The van der Waals surface area contributed by atoms with Gasteiger partial charge in [-0.25, -0.2) is 0 Å². The third-order valence-electron chi connectivity index (χ3n) is 6.80. The third kappa shape index (κ3) is 4.48.